The van der Waals surface area contributed by atoms with Gasteiger partial charge in [0.2, 0.25) is 0 Å². The molecular weight excluding hydrogens is 444 g/mol. The zero-order valence-electron chi connectivity index (χ0n) is 21.3. The van der Waals surface area contributed by atoms with Gasteiger partial charge in [0, 0.05) is 36.6 Å². The summed E-state index contributed by atoms with van der Waals surface area (Å²) in [6, 6.07) is 9.58. The molecule has 1 atom stereocenters. The van der Waals surface area contributed by atoms with Gasteiger partial charge >= 0.3 is 6.09 Å². The fraction of sp³-hybridized carbons (Fsp3) is 0.385. The van der Waals surface area contributed by atoms with Crippen LogP contribution in [0.15, 0.2) is 42.7 Å². The van der Waals surface area contributed by atoms with E-state index in [1.54, 1.807) is 23.7 Å². The lowest BCUT2D eigenvalue weighted by atomic mass is 10.1. The van der Waals surface area contributed by atoms with E-state index in [2.05, 4.69) is 15.1 Å². The Kier molecular flexibility index (Phi) is 6.38. The topological polar surface area (TPSA) is 97.8 Å². The van der Waals surface area contributed by atoms with Gasteiger partial charge in [0.15, 0.2) is 5.65 Å². The first-order valence-electron chi connectivity index (χ1n) is 11.6. The van der Waals surface area contributed by atoms with E-state index < -0.39 is 17.8 Å². The van der Waals surface area contributed by atoms with E-state index >= 15 is 0 Å². The number of aliphatic hydroxyl groups excluding tert-OH is 1. The molecule has 0 spiro atoms. The molecule has 1 unspecified atom stereocenters. The van der Waals surface area contributed by atoms with E-state index in [4.69, 9.17) is 4.74 Å². The predicted octanol–water partition coefficient (Wildman–Crippen LogP) is 4.74. The zero-order valence-corrected chi connectivity index (χ0v) is 21.3. The molecule has 4 aromatic rings. The Morgan fingerprint density at radius 1 is 1.23 bits per heavy atom. The minimum Gasteiger partial charge on any atom is -0.443 e. The first-order chi connectivity index (χ1) is 16.4. The summed E-state index contributed by atoms with van der Waals surface area (Å²) in [6.07, 6.45) is 2.31. The second-order valence-corrected chi connectivity index (χ2v) is 9.79. The smallest absolute Gasteiger partial charge is 0.416 e. The maximum absolute atomic E-state index is 13.5. The van der Waals surface area contributed by atoms with Crippen molar-refractivity contribution in [1.29, 1.82) is 0 Å². The van der Waals surface area contributed by atoms with Gasteiger partial charge in [0.05, 0.1) is 24.0 Å². The van der Waals surface area contributed by atoms with Crippen molar-refractivity contribution in [2.75, 3.05) is 4.90 Å². The normalized spacial score (nSPS) is 12.7. The molecule has 1 N–H and O–H groups in total. The lowest BCUT2D eigenvalue weighted by Gasteiger charge is -2.28. The number of aromatic nitrogens is 5. The number of aryl methyl sites for hydroxylation is 3. The number of hydrogen-bond donors (Lipinski definition) is 1. The summed E-state index contributed by atoms with van der Waals surface area (Å²) >= 11 is 0. The van der Waals surface area contributed by atoms with Gasteiger partial charge in [-0.2, -0.15) is 9.61 Å². The Balaban J connectivity index is 1.85. The van der Waals surface area contributed by atoms with Gasteiger partial charge in [-0.25, -0.2) is 14.8 Å². The second kappa shape index (κ2) is 9.14. The quantitative estimate of drug-likeness (QED) is 0.447. The van der Waals surface area contributed by atoms with Crippen LogP contribution in [0.25, 0.3) is 17.0 Å². The van der Waals surface area contributed by atoms with Gasteiger partial charge in [0.1, 0.15) is 17.2 Å². The summed E-state index contributed by atoms with van der Waals surface area (Å²) in [6.45, 7) is 11.2. The molecule has 3 aromatic heterocycles. The van der Waals surface area contributed by atoms with Gasteiger partial charge in [-0.15, -0.1) is 0 Å². The summed E-state index contributed by atoms with van der Waals surface area (Å²) in [4.78, 5) is 24.1. The standard InChI is InChI=1S/C26H32N6O3/c1-16-17(2)29-32-22(14-21(18(3)33)28-23(16)32)31(25(34)35-26(4,5)6)15-19-9-8-10-20(13-19)24-27-11-12-30(24)7/h8-14,18,33H,15H2,1-7H3. The van der Waals surface area contributed by atoms with Crippen LogP contribution < -0.4 is 4.90 Å². The molecule has 0 aliphatic carbocycles. The number of hydrogen-bond acceptors (Lipinski definition) is 6. The van der Waals surface area contributed by atoms with Crippen molar-refractivity contribution >= 4 is 17.6 Å². The van der Waals surface area contributed by atoms with E-state index in [0.717, 1.165) is 28.2 Å². The van der Waals surface area contributed by atoms with Crippen LogP contribution in [0, 0.1) is 13.8 Å². The fourth-order valence-electron chi connectivity index (χ4n) is 3.83. The maximum atomic E-state index is 13.5. The Morgan fingerprint density at radius 2 is 1.97 bits per heavy atom. The van der Waals surface area contributed by atoms with Crippen molar-refractivity contribution in [3.63, 3.8) is 0 Å². The van der Waals surface area contributed by atoms with Crippen molar-refractivity contribution in [2.45, 2.75) is 59.8 Å². The molecular formula is C26H32N6O3. The van der Waals surface area contributed by atoms with Gasteiger partial charge < -0.3 is 14.4 Å². The zero-order chi connectivity index (χ0) is 25.5. The van der Waals surface area contributed by atoms with Crippen LogP contribution in [0.2, 0.25) is 0 Å². The van der Waals surface area contributed by atoms with Crippen LogP contribution in [0.5, 0.6) is 0 Å². The number of nitrogens with zero attached hydrogens (tertiary/aromatic N) is 6. The number of carbonyl (C=O) groups excluding carboxylic acids is 1. The summed E-state index contributed by atoms with van der Waals surface area (Å²) in [5.41, 5.74) is 3.85. The minimum absolute atomic E-state index is 0.226. The van der Waals surface area contributed by atoms with Crippen molar-refractivity contribution in [1.82, 2.24) is 24.1 Å². The molecule has 0 radical (unpaired) electrons. The molecule has 9 heteroatoms. The average Bonchev–Trinajstić information content (AvgIpc) is 3.33. The number of imidazole rings is 1. The van der Waals surface area contributed by atoms with Crippen LogP contribution in [0.3, 0.4) is 0 Å². The monoisotopic (exact) mass is 476 g/mol. The lowest BCUT2D eigenvalue weighted by molar-refractivity contribution is 0.0575. The highest BCUT2D eigenvalue weighted by molar-refractivity contribution is 5.87. The summed E-state index contributed by atoms with van der Waals surface area (Å²) in [7, 11) is 1.94. The van der Waals surface area contributed by atoms with Crippen LogP contribution in [-0.2, 0) is 18.3 Å². The van der Waals surface area contributed by atoms with Crippen LogP contribution in [0.4, 0.5) is 10.6 Å². The molecule has 184 valence electrons. The highest BCUT2D eigenvalue weighted by Gasteiger charge is 2.28. The van der Waals surface area contributed by atoms with Crippen LogP contribution in [-0.4, -0.2) is 40.9 Å². The van der Waals surface area contributed by atoms with E-state index in [1.807, 2.05) is 76.7 Å². The molecule has 35 heavy (non-hydrogen) atoms. The Hall–Kier alpha value is -3.72. The third-order valence-electron chi connectivity index (χ3n) is 5.72. The lowest BCUT2D eigenvalue weighted by Crippen LogP contribution is -2.37. The van der Waals surface area contributed by atoms with E-state index in [1.165, 1.54) is 4.90 Å². The molecule has 0 saturated heterocycles. The number of rotatable bonds is 5. The van der Waals surface area contributed by atoms with Gasteiger partial charge in [-0.05, 0) is 53.2 Å². The number of aliphatic hydroxyl groups is 1. The molecule has 0 aliphatic heterocycles. The van der Waals surface area contributed by atoms with E-state index in [0.29, 0.717) is 17.2 Å². The van der Waals surface area contributed by atoms with Gasteiger partial charge in [0.25, 0.3) is 0 Å². The molecule has 0 fully saturated rings. The number of ether oxygens (including phenoxy) is 1. The van der Waals surface area contributed by atoms with E-state index in [-0.39, 0.29) is 6.54 Å². The molecule has 0 saturated carbocycles. The number of anilines is 1. The van der Waals surface area contributed by atoms with Crippen molar-refractivity contribution in [3.8, 4) is 11.4 Å². The van der Waals surface area contributed by atoms with Gasteiger partial charge in [-0.3, -0.25) is 4.90 Å². The first-order valence-corrected chi connectivity index (χ1v) is 11.6. The number of benzene rings is 1. The second-order valence-electron chi connectivity index (χ2n) is 9.79. The molecule has 0 aliphatic rings. The number of carbonyl (C=O) groups is 1. The number of amides is 1. The predicted molar refractivity (Wildman–Crippen MR) is 134 cm³/mol. The molecule has 1 amide bonds. The third kappa shape index (κ3) is 5.05. The summed E-state index contributed by atoms with van der Waals surface area (Å²) in [5.74, 6) is 1.30. The molecule has 3 heterocycles. The van der Waals surface area contributed by atoms with E-state index in [9.17, 15) is 9.90 Å². The van der Waals surface area contributed by atoms with Crippen molar-refractivity contribution < 1.29 is 14.6 Å². The fourth-order valence-corrected chi connectivity index (χ4v) is 3.83. The molecule has 9 nitrogen and oxygen atoms in total. The summed E-state index contributed by atoms with van der Waals surface area (Å²) < 4.78 is 9.37. The maximum Gasteiger partial charge on any atom is 0.416 e. The average molecular weight is 477 g/mol. The SMILES string of the molecule is Cc1nn2c(N(Cc3cccc(-c4nccn4C)c3)C(=O)OC(C)(C)C)cc(C(C)O)nc2c1C. The third-order valence-corrected chi connectivity index (χ3v) is 5.72. The first kappa shape index (κ1) is 24.4. The summed E-state index contributed by atoms with van der Waals surface area (Å²) in [5, 5.41) is 15.0. The van der Waals surface area contributed by atoms with Crippen LogP contribution >= 0.6 is 0 Å². The molecule has 1 aromatic carbocycles. The number of fused-ring (bicyclic) bond motifs is 1. The van der Waals surface area contributed by atoms with Crippen molar-refractivity contribution in [2.24, 2.45) is 7.05 Å². The Bertz CT molecular complexity index is 1380. The highest BCUT2D eigenvalue weighted by atomic mass is 16.6. The van der Waals surface area contributed by atoms with Crippen LogP contribution in [0.1, 0.15) is 56.3 Å². The Morgan fingerprint density at radius 3 is 2.60 bits per heavy atom. The highest BCUT2D eigenvalue weighted by Crippen LogP contribution is 2.28. The van der Waals surface area contributed by atoms with Gasteiger partial charge in [-0.1, -0.05) is 18.2 Å². The van der Waals surface area contributed by atoms with Crippen molar-refractivity contribution in [3.05, 3.63) is 65.2 Å². The largest absolute Gasteiger partial charge is 0.443 e. The Labute approximate surface area is 205 Å². The molecule has 0 bridgehead atoms. The molecule has 4 rings (SSSR count). The minimum atomic E-state index is -0.819.